The van der Waals surface area contributed by atoms with Crippen molar-refractivity contribution >= 4 is 0 Å². The molecule has 1 saturated heterocycles. The predicted octanol–water partition coefficient (Wildman–Crippen LogP) is 0.740. The van der Waals surface area contributed by atoms with Gasteiger partial charge in [0.15, 0.2) is 0 Å². The van der Waals surface area contributed by atoms with E-state index >= 15 is 0 Å². The number of fused-ring (bicyclic) bond motifs is 1. The van der Waals surface area contributed by atoms with Gasteiger partial charge in [-0.1, -0.05) is 12.8 Å². The maximum atomic E-state index is 5.82. The summed E-state index contributed by atoms with van der Waals surface area (Å²) in [7, 11) is 0. The molecular formula is C9H17N2. The third kappa shape index (κ3) is 1.09. The first-order chi connectivity index (χ1) is 5.37. The first-order valence-corrected chi connectivity index (χ1v) is 4.71. The highest BCUT2D eigenvalue weighted by Gasteiger charge is 2.43. The SMILES string of the molecule is NCC12CCCCC1C[N]C2. The maximum absolute atomic E-state index is 5.82. The lowest BCUT2D eigenvalue weighted by atomic mass is 9.68. The van der Waals surface area contributed by atoms with Crippen molar-refractivity contribution in [2.24, 2.45) is 17.1 Å². The normalized spacial score (nSPS) is 43.9. The van der Waals surface area contributed by atoms with Crippen LogP contribution in [0.25, 0.3) is 0 Å². The fraction of sp³-hybridized carbons (Fsp3) is 1.00. The minimum absolute atomic E-state index is 0.443. The van der Waals surface area contributed by atoms with Crippen molar-refractivity contribution in [3.8, 4) is 0 Å². The van der Waals surface area contributed by atoms with Gasteiger partial charge >= 0.3 is 0 Å². The van der Waals surface area contributed by atoms with E-state index in [1.54, 1.807) is 0 Å². The minimum Gasteiger partial charge on any atom is -0.330 e. The fourth-order valence-electron chi connectivity index (χ4n) is 2.65. The largest absolute Gasteiger partial charge is 0.330 e. The average Bonchev–Trinajstić information content (AvgIpc) is 2.48. The molecule has 0 spiro atoms. The van der Waals surface area contributed by atoms with Gasteiger partial charge in [0.25, 0.3) is 0 Å². The third-order valence-electron chi connectivity index (χ3n) is 3.53. The first kappa shape index (κ1) is 7.56. The Hall–Kier alpha value is -0.0800. The summed E-state index contributed by atoms with van der Waals surface area (Å²) in [5.74, 6) is 0.834. The molecule has 63 valence electrons. The number of rotatable bonds is 1. The van der Waals surface area contributed by atoms with Gasteiger partial charge in [0, 0.05) is 18.5 Å². The maximum Gasteiger partial charge on any atom is 0.0205 e. The summed E-state index contributed by atoms with van der Waals surface area (Å²) in [4.78, 5) is 0. The highest BCUT2D eigenvalue weighted by Crippen LogP contribution is 2.43. The molecule has 0 amide bonds. The molecule has 2 fully saturated rings. The summed E-state index contributed by atoms with van der Waals surface area (Å²) in [5, 5.41) is 4.49. The summed E-state index contributed by atoms with van der Waals surface area (Å²) < 4.78 is 0. The zero-order chi connectivity index (χ0) is 7.73. The summed E-state index contributed by atoms with van der Waals surface area (Å²) in [6.07, 6.45) is 5.49. The molecule has 2 nitrogen and oxygen atoms in total. The molecule has 1 aliphatic heterocycles. The molecule has 0 aromatic heterocycles. The third-order valence-corrected chi connectivity index (χ3v) is 3.53. The Morgan fingerprint density at radius 3 is 3.09 bits per heavy atom. The smallest absolute Gasteiger partial charge is 0.0205 e. The molecule has 1 saturated carbocycles. The Balaban J connectivity index is 2.12. The van der Waals surface area contributed by atoms with E-state index in [0.717, 1.165) is 25.6 Å². The fourth-order valence-corrected chi connectivity index (χ4v) is 2.65. The van der Waals surface area contributed by atoms with Gasteiger partial charge in [0.1, 0.15) is 0 Å². The second-order valence-corrected chi connectivity index (χ2v) is 4.07. The molecule has 2 aliphatic rings. The summed E-state index contributed by atoms with van der Waals surface area (Å²) in [6.45, 7) is 3.01. The van der Waals surface area contributed by atoms with E-state index in [0.29, 0.717) is 5.41 Å². The van der Waals surface area contributed by atoms with Gasteiger partial charge < -0.3 is 5.73 Å². The van der Waals surface area contributed by atoms with Gasteiger partial charge in [0.2, 0.25) is 0 Å². The lowest BCUT2D eigenvalue weighted by Gasteiger charge is -2.37. The topological polar surface area (TPSA) is 40.1 Å². The minimum atomic E-state index is 0.443. The van der Waals surface area contributed by atoms with Gasteiger partial charge in [-0.2, -0.15) is 0 Å². The Kier molecular flexibility index (Phi) is 1.90. The van der Waals surface area contributed by atoms with Crippen molar-refractivity contribution in [1.82, 2.24) is 5.32 Å². The van der Waals surface area contributed by atoms with E-state index in [4.69, 9.17) is 5.73 Å². The number of nitrogens with zero attached hydrogens (tertiary/aromatic N) is 1. The van der Waals surface area contributed by atoms with Crippen molar-refractivity contribution in [3.05, 3.63) is 0 Å². The van der Waals surface area contributed by atoms with Crippen molar-refractivity contribution in [2.75, 3.05) is 19.6 Å². The van der Waals surface area contributed by atoms with Crippen LogP contribution < -0.4 is 11.1 Å². The standard InChI is InChI=1S/C9H17N2/c10-6-9-4-2-1-3-8(9)5-11-7-9/h8H,1-7,10H2. The van der Waals surface area contributed by atoms with Crippen LogP contribution in [-0.2, 0) is 0 Å². The van der Waals surface area contributed by atoms with Crippen molar-refractivity contribution in [1.29, 1.82) is 0 Å². The van der Waals surface area contributed by atoms with E-state index in [9.17, 15) is 0 Å². The molecule has 1 heterocycles. The Morgan fingerprint density at radius 2 is 2.36 bits per heavy atom. The first-order valence-electron chi connectivity index (χ1n) is 4.71. The van der Waals surface area contributed by atoms with Crippen LogP contribution in [0.15, 0.2) is 0 Å². The van der Waals surface area contributed by atoms with Crippen molar-refractivity contribution in [2.45, 2.75) is 25.7 Å². The molecule has 0 aromatic carbocycles. The average molecular weight is 153 g/mol. The Morgan fingerprint density at radius 1 is 1.45 bits per heavy atom. The van der Waals surface area contributed by atoms with Crippen LogP contribution in [0.4, 0.5) is 0 Å². The van der Waals surface area contributed by atoms with Gasteiger partial charge in [0.05, 0.1) is 0 Å². The number of hydrogen-bond donors (Lipinski definition) is 1. The quantitative estimate of drug-likeness (QED) is 0.593. The van der Waals surface area contributed by atoms with E-state index in [1.807, 2.05) is 0 Å². The predicted molar refractivity (Wildman–Crippen MR) is 45.3 cm³/mol. The van der Waals surface area contributed by atoms with Crippen LogP contribution in [0.3, 0.4) is 0 Å². The van der Waals surface area contributed by atoms with Gasteiger partial charge in [-0.3, -0.25) is 0 Å². The molecule has 2 N–H and O–H groups in total. The lowest BCUT2D eigenvalue weighted by Crippen LogP contribution is -2.39. The van der Waals surface area contributed by atoms with Crippen LogP contribution in [0.5, 0.6) is 0 Å². The van der Waals surface area contributed by atoms with Gasteiger partial charge in [-0.05, 0) is 25.3 Å². The van der Waals surface area contributed by atoms with E-state index in [-0.39, 0.29) is 0 Å². The summed E-state index contributed by atoms with van der Waals surface area (Å²) >= 11 is 0. The molecule has 2 atom stereocenters. The molecule has 2 heteroatoms. The van der Waals surface area contributed by atoms with Crippen LogP contribution in [0, 0.1) is 11.3 Å². The molecular weight excluding hydrogens is 136 g/mol. The summed E-state index contributed by atoms with van der Waals surface area (Å²) in [5.41, 5.74) is 6.26. The van der Waals surface area contributed by atoms with Crippen LogP contribution in [0.1, 0.15) is 25.7 Å². The summed E-state index contributed by atoms with van der Waals surface area (Å²) in [6, 6.07) is 0. The highest BCUT2D eigenvalue weighted by molar-refractivity contribution is 4.97. The lowest BCUT2D eigenvalue weighted by molar-refractivity contribution is 0.160. The van der Waals surface area contributed by atoms with E-state index in [1.165, 1.54) is 25.7 Å². The molecule has 2 unspecified atom stereocenters. The zero-order valence-corrected chi connectivity index (χ0v) is 7.05. The highest BCUT2D eigenvalue weighted by atomic mass is 15.0. The van der Waals surface area contributed by atoms with Crippen LogP contribution in [0.2, 0.25) is 0 Å². The number of hydrogen-bond acceptors (Lipinski definition) is 1. The van der Waals surface area contributed by atoms with Crippen molar-refractivity contribution < 1.29 is 0 Å². The second kappa shape index (κ2) is 2.76. The molecule has 0 aromatic rings. The molecule has 11 heavy (non-hydrogen) atoms. The number of nitrogens with two attached hydrogens (primary N) is 1. The Bertz CT molecular complexity index is 146. The van der Waals surface area contributed by atoms with E-state index in [2.05, 4.69) is 5.32 Å². The van der Waals surface area contributed by atoms with Crippen LogP contribution >= 0.6 is 0 Å². The molecule has 0 bridgehead atoms. The monoisotopic (exact) mass is 153 g/mol. The molecule has 1 radical (unpaired) electrons. The molecule has 2 rings (SSSR count). The Labute approximate surface area is 68.5 Å². The second-order valence-electron chi connectivity index (χ2n) is 4.07. The van der Waals surface area contributed by atoms with Crippen LogP contribution in [-0.4, -0.2) is 19.6 Å². The van der Waals surface area contributed by atoms with E-state index < -0.39 is 0 Å². The van der Waals surface area contributed by atoms with Gasteiger partial charge in [-0.15, -0.1) is 0 Å². The molecule has 1 aliphatic carbocycles. The van der Waals surface area contributed by atoms with Gasteiger partial charge in [-0.25, -0.2) is 5.32 Å². The zero-order valence-electron chi connectivity index (χ0n) is 7.05. The van der Waals surface area contributed by atoms with Crippen molar-refractivity contribution in [3.63, 3.8) is 0 Å².